The molecule has 2 aromatic rings. The summed E-state index contributed by atoms with van der Waals surface area (Å²) in [6.45, 7) is -0.0254. The lowest BCUT2D eigenvalue weighted by atomic mass is 10.1. The Labute approximate surface area is 99.9 Å². The van der Waals surface area contributed by atoms with Crippen molar-refractivity contribution in [2.45, 2.75) is 6.18 Å². The first kappa shape index (κ1) is 12.3. The van der Waals surface area contributed by atoms with Crippen LogP contribution in [0.2, 0.25) is 0 Å². The van der Waals surface area contributed by atoms with Gasteiger partial charge in [0.25, 0.3) is 0 Å². The fourth-order valence-corrected chi connectivity index (χ4v) is 1.51. The second-order valence-corrected chi connectivity index (χ2v) is 3.50. The molecule has 2 rings (SSSR count). The molecule has 0 aliphatic carbocycles. The zero-order valence-corrected chi connectivity index (χ0v) is 9.03. The Morgan fingerprint density at radius 3 is 2.72 bits per heavy atom. The Kier molecular flexibility index (Phi) is 3.14. The number of carbonyl (C=O) groups excluding carboxylic acids is 1. The third kappa shape index (κ3) is 2.39. The Balaban J connectivity index is 2.54. The average molecular weight is 255 g/mol. The van der Waals surface area contributed by atoms with Crippen molar-refractivity contribution in [3.8, 4) is 0 Å². The lowest BCUT2D eigenvalue weighted by Gasteiger charge is -2.09. The summed E-state index contributed by atoms with van der Waals surface area (Å²) in [7, 11) is 0. The van der Waals surface area contributed by atoms with Gasteiger partial charge in [-0.25, -0.2) is 9.97 Å². The van der Waals surface area contributed by atoms with Gasteiger partial charge in [0.2, 0.25) is 0 Å². The summed E-state index contributed by atoms with van der Waals surface area (Å²) in [6, 6.07) is 3.19. The van der Waals surface area contributed by atoms with E-state index in [1.807, 2.05) is 0 Å². The molecule has 7 heteroatoms. The number of hydrogen-bond donors (Lipinski definition) is 1. The maximum Gasteiger partial charge on any atom is 0.416 e. The summed E-state index contributed by atoms with van der Waals surface area (Å²) in [5.41, 5.74) is -0.398. The number of nitrogens with zero attached hydrogens (tertiary/aromatic N) is 2. The molecular weight excluding hydrogens is 247 g/mol. The predicted octanol–water partition coefficient (Wildman–Crippen LogP) is 2.26. The molecule has 1 heterocycles. The van der Waals surface area contributed by atoms with Crippen LogP contribution in [0.3, 0.4) is 0 Å². The van der Waals surface area contributed by atoms with Gasteiger partial charge in [-0.1, -0.05) is 0 Å². The van der Waals surface area contributed by atoms with E-state index >= 15 is 0 Å². The van der Waals surface area contributed by atoms with Crippen molar-refractivity contribution < 1.29 is 18.0 Å². The number of fused-ring (bicyclic) bond motifs is 1. The van der Waals surface area contributed by atoms with E-state index in [2.05, 4.69) is 15.3 Å². The zero-order valence-electron chi connectivity index (χ0n) is 9.03. The van der Waals surface area contributed by atoms with Crippen molar-refractivity contribution in [2.24, 2.45) is 0 Å². The third-order valence-electron chi connectivity index (χ3n) is 2.32. The molecule has 0 atom stereocenters. The Morgan fingerprint density at radius 2 is 2.06 bits per heavy atom. The highest BCUT2D eigenvalue weighted by molar-refractivity contribution is 5.90. The van der Waals surface area contributed by atoms with Crippen LogP contribution in [0, 0.1) is 0 Å². The topological polar surface area (TPSA) is 54.9 Å². The number of benzene rings is 1. The van der Waals surface area contributed by atoms with Gasteiger partial charge < -0.3 is 10.1 Å². The van der Waals surface area contributed by atoms with Crippen LogP contribution in [0.5, 0.6) is 0 Å². The third-order valence-corrected chi connectivity index (χ3v) is 2.32. The molecule has 0 spiro atoms. The number of rotatable bonds is 3. The van der Waals surface area contributed by atoms with Crippen LogP contribution < -0.4 is 5.32 Å². The van der Waals surface area contributed by atoms with Crippen LogP contribution >= 0.6 is 0 Å². The summed E-state index contributed by atoms with van der Waals surface area (Å²) < 4.78 is 37.7. The van der Waals surface area contributed by atoms with Gasteiger partial charge in [0.05, 0.1) is 17.6 Å². The van der Waals surface area contributed by atoms with E-state index in [9.17, 15) is 18.0 Å². The maximum absolute atomic E-state index is 12.6. The van der Waals surface area contributed by atoms with Gasteiger partial charge in [0.1, 0.15) is 18.4 Å². The lowest BCUT2D eigenvalue weighted by Crippen LogP contribution is -2.07. The van der Waals surface area contributed by atoms with Crippen LogP contribution in [-0.4, -0.2) is 22.8 Å². The highest BCUT2D eigenvalue weighted by Gasteiger charge is 2.30. The number of alkyl halides is 3. The minimum absolute atomic E-state index is 0.0254. The van der Waals surface area contributed by atoms with Crippen molar-refractivity contribution in [3.05, 3.63) is 30.1 Å². The first-order valence-electron chi connectivity index (χ1n) is 5.02. The quantitative estimate of drug-likeness (QED) is 0.855. The molecule has 94 valence electrons. The number of nitrogens with one attached hydrogen (secondary N) is 1. The molecule has 0 saturated heterocycles. The average Bonchev–Trinajstić information content (AvgIpc) is 2.34. The molecule has 1 aromatic carbocycles. The molecule has 1 N–H and O–H groups in total. The first-order chi connectivity index (χ1) is 8.52. The van der Waals surface area contributed by atoms with Gasteiger partial charge in [-0.05, 0) is 18.2 Å². The highest BCUT2D eigenvalue weighted by atomic mass is 19.4. The Bertz CT molecular complexity index is 583. The van der Waals surface area contributed by atoms with Crippen LogP contribution in [0.1, 0.15) is 5.56 Å². The molecule has 4 nitrogen and oxygen atoms in total. The van der Waals surface area contributed by atoms with Crippen LogP contribution in [0.4, 0.5) is 19.0 Å². The van der Waals surface area contributed by atoms with Crippen LogP contribution in [0.15, 0.2) is 24.5 Å². The summed E-state index contributed by atoms with van der Waals surface area (Å²) in [4.78, 5) is 17.9. The number of aromatic nitrogens is 2. The van der Waals surface area contributed by atoms with Gasteiger partial charge in [-0.2, -0.15) is 13.2 Å². The van der Waals surface area contributed by atoms with Gasteiger partial charge in [-0.15, -0.1) is 0 Å². The maximum atomic E-state index is 12.6. The summed E-state index contributed by atoms with van der Waals surface area (Å²) in [5, 5.41) is 2.86. The van der Waals surface area contributed by atoms with Crippen molar-refractivity contribution in [2.75, 3.05) is 11.9 Å². The monoisotopic (exact) mass is 255 g/mol. The van der Waals surface area contributed by atoms with E-state index in [4.69, 9.17) is 0 Å². The molecule has 0 aliphatic heterocycles. The molecule has 0 aliphatic rings. The minimum atomic E-state index is -4.42. The standard InChI is InChI=1S/C11H8F3N3O/c12-11(13,14)7-1-2-9-8(5-7)10(15-3-4-18)17-6-16-9/h1-2,4-6H,3H2,(H,15,16,17). The Hall–Kier alpha value is -2.18. The van der Waals surface area contributed by atoms with Crippen LogP contribution in [-0.2, 0) is 11.0 Å². The molecule has 1 aromatic heterocycles. The molecule has 0 saturated carbocycles. The second-order valence-electron chi connectivity index (χ2n) is 3.50. The smallest absolute Gasteiger partial charge is 0.363 e. The SMILES string of the molecule is O=CCNc1ncnc2ccc(C(F)(F)F)cc12. The van der Waals surface area contributed by atoms with Crippen molar-refractivity contribution in [1.82, 2.24) is 9.97 Å². The summed E-state index contributed by atoms with van der Waals surface area (Å²) in [6.07, 6.45) is -2.60. The van der Waals surface area contributed by atoms with Gasteiger partial charge in [0.15, 0.2) is 0 Å². The van der Waals surface area contributed by atoms with E-state index in [-0.39, 0.29) is 17.7 Å². The number of anilines is 1. The van der Waals surface area contributed by atoms with Crippen molar-refractivity contribution in [1.29, 1.82) is 0 Å². The molecule has 0 amide bonds. The van der Waals surface area contributed by atoms with E-state index in [1.165, 1.54) is 12.4 Å². The van der Waals surface area contributed by atoms with Gasteiger partial charge in [0, 0.05) is 5.39 Å². The normalized spacial score (nSPS) is 11.5. The number of aldehydes is 1. The molecule has 0 unspecified atom stereocenters. The largest absolute Gasteiger partial charge is 0.416 e. The second kappa shape index (κ2) is 4.59. The van der Waals surface area contributed by atoms with Crippen molar-refractivity contribution in [3.63, 3.8) is 0 Å². The van der Waals surface area contributed by atoms with Crippen molar-refractivity contribution >= 4 is 23.0 Å². The number of hydrogen-bond acceptors (Lipinski definition) is 4. The van der Waals surface area contributed by atoms with Gasteiger partial charge in [-0.3, -0.25) is 0 Å². The molecule has 18 heavy (non-hydrogen) atoms. The van der Waals surface area contributed by atoms with E-state index < -0.39 is 11.7 Å². The van der Waals surface area contributed by atoms with Gasteiger partial charge >= 0.3 is 6.18 Å². The molecule has 0 fully saturated rings. The summed E-state index contributed by atoms with van der Waals surface area (Å²) >= 11 is 0. The molecule has 0 bridgehead atoms. The molecule has 0 radical (unpaired) electrons. The predicted molar refractivity (Wildman–Crippen MR) is 59.1 cm³/mol. The first-order valence-corrected chi connectivity index (χ1v) is 5.02. The van der Waals surface area contributed by atoms with E-state index in [0.29, 0.717) is 11.8 Å². The Morgan fingerprint density at radius 1 is 1.28 bits per heavy atom. The fourth-order valence-electron chi connectivity index (χ4n) is 1.51. The number of carbonyl (C=O) groups is 1. The van der Waals surface area contributed by atoms with E-state index in [0.717, 1.165) is 12.1 Å². The highest BCUT2D eigenvalue weighted by Crippen LogP contribution is 2.32. The van der Waals surface area contributed by atoms with Crippen LogP contribution in [0.25, 0.3) is 10.9 Å². The zero-order chi connectivity index (χ0) is 13.2. The molecular formula is C11H8F3N3O. The minimum Gasteiger partial charge on any atom is -0.363 e. The lowest BCUT2D eigenvalue weighted by molar-refractivity contribution is -0.137. The fraction of sp³-hybridized carbons (Fsp3) is 0.182. The summed E-state index contributed by atoms with van der Waals surface area (Å²) in [5.74, 6) is 0.207. The van der Waals surface area contributed by atoms with E-state index in [1.54, 1.807) is 0 Å². The number of halogens is 3.